The Bertz CT molecular complexity index is 1490. The van der Waals surface area contributed by atoms with E-state index in [0.29, 0.717) is 25.7 Å². The molecule has 184 valence electrons. The molecule has 1 atom stereocenters. The van der Waals surface area contributed by atoms with Gasteiger partial charge in [0.1, 0.15) is 5.78 Å². The maximum absolute atomic E-state index is 12.5. The van der Waals surface area contributed by atoms with Gasteiger partial charge in [-0.15, -0.1) is 0 Å². The minimum Gasteiger partial charge on any atom is -0.393 e. The Hall–Kier alpha value is -4.08. The first-order valence-electron chi connectivity index (χ1n) is 13.0. The van der Waals surface area contributed by atoms with Crippen LogP contribution in [-0.4, -0.2) is 22.0 Å². The first-order chi connectivity index (χ1) is 18.1. The Morgan fingerprint density at radius 3 is 2.05 bits per heavy atom. The van der Waals surface area contributed by atoms with Crippen molar-refractivity contribution in [1.29, 1.82) is 0 Å². The Morgan fingerprint density at radius 1 is 0.757 bits per heavy atom. The van der Waals surface area contributed by atoms with Gasteiger partial charge in [-0.3, -0.25) is 4.79 Å². The number of carbonyl (C=O) groups excluding carboxylic acids is 1. The Labute approximate surface area is 218 Å². The number of ketones is 1. The lowest BCUT2D eigenvalue weighted by Crippen LogP contribution is -2.10. The van der Waals surface area contributed by atoms with Gasteiger partial charge in [0.05, 0.1) is 17.3 Å². The molecule has 1 unspecified atom stereocenters. The van der Waals surface area contributed by atoms with Crippen molar-refractivity contribution in [3.63, 3.8) is 0 Å². The predicted octanol–water partition coefficient (Wildman–Crippen LogP) is 7.90. The van der Waals surface area contributed by atoms with Gasteiger partial charge >= 0.3 is 0 Å². The van der Waals surface area contributed by atoms with Crippen LogP contribution in [0.15, 0.2) is 109 Å². The highest BCUT2D eigenvalue weighted by Gasteiger charge is 2.13. The van der Waals surface area contributed by atoms with Gasteiger partial charge in [-0.1, -0.05) is 97.9 Å². The number of benzene rings is 4. The average molecular weight is 486 g/mol. The second-order valence-corrected chi connectivity index (χ2v) is 9.54. The molecule has 1 heterocycles. The van der Waals surface area contributed by atoms with E-state index >= 15 is 0 Å². The molecule has 0 aliphatic heterocycles. The van der Waals surface area contributed by atoms with E-state index in [1.54, 1.807) is 0 Å². The summed E-state index contributed by atoms with van der Waals surface area (Å²) in [5.74, 6) is 0.151. The van der Waals surface area contributed by atoms with Gasteiger partial charge in [0, 0.05) is 29.4 Å². The Kier molecular flexibility index (Phi) is 7.53. The molecule has 3 nitrogen and oxygen atoms in total. The van der Waals surface area contributed by atoms with Crippen LogP contribution >= 0.6 is 0 Å². The molecule has 5 aromatic rings. The summed E-state index contributed by atoms with van der Waals surface area (Å²) in [6.07, 6.45) is 1.57. The van der Waals surface area contributed by atoms with E-state index in [9.17, 15) is 9.90 Å². The third-order valence-electron chi connectivity index (χ3n) is 6.86. The molecular formula is C34H31NO2. The van der Waals surface area contributed by atoms with Crippen molar-refractivity contribution < 1.29 is 9.90 Å². The quantitative estimate of drug-likeness (QED) is 0.231. The van der Waals surface area contributed by atoms with Crippen molar-refractivity contribution in [3.8, 4) is 33.5 Å². The second-order valence-electron chi connectivity index (χ2n) is 9.54. The van der Waals surface area contributed by atoms with Crippen molar-refractivity contribution in [1.82, 2.24) is 4.98 Å². The van der Waals surface area contributed by atoms with E-state index < -0.39 is 6.10 Å². The first-order valence-corrected chi connectivity index (χ1v) is 13.0. The van der Waals surface area contributed by atoms with Crippen LogP contribution in [0, 0.1) is 0 Å². The van der Waals surface area contributed by atoms with Crippen molar-refractivity contribution in [2.24, 2.45) is 0 Å². The number of rotatable bonds is 9. The van der Waals surface area contributed by atoms with Crippen LogP contribution in [0.3, 0.4) is 0 Å². The fraction of sp³-hybridized carbons (Fsp3) is 0.176. The van der Waals surface area contributed by atoms with Crippen LogP contribution in [0.1, 0.15) is 31.7 Å². The van der Waals surface area contributed by atoms with Crippen LogP contribution in [-0.2, 0) is 11.2 Å². The lowest BCUT2D eigenvalue weighted by Gasteiger charge is -2.13. The summed E-state index contributed by atoms with van der Waals surface area (Å²) >= 11 is 0. The second kappa shape index (κ2) is 11.3. The van der Waals surface area contributed by atoms with E-state index in [0.717, 1.165) is 38.9 Å². The smallest absolute Gasteiger partial charge is 0.137 e. The molecule has 0 radical (unpaired) electrons. The number of Topliss-reactive ketones (excluding diaryl/α,β-unsaturated/α-hetero) is 1. The van der Waals surface area contributed by atoms with Gasteiger partial charge in [-0.2, -0.15) is 0 Å². The van der Waals surface area contributed by atoms with E-state index in [1.807, 2.05) is 43.3 Å². The number of aromatic nitrogens is 1. The van der Waals surface area contributed by atoms with Crippen LogP contribution in [0.2, 0.25) is 0 Å². The molecule has 1 N–H and O–H groups in total. The van der Waals surface area contributed by atoms with Gasteiger partial charge in [0.25, 0.3) is 0 Å². The van der Waals surface area contributed by atoms with Gasteiger partial charge in [0.2, 0.25) is 0 Å². The van der Waals surface area contributed by atoms with Crippen molar-refractivity contribution in [3.05, 3.63) is 115 Å². The lowest BCUT2D eigenvalue weighted by molar-refractivity contribution is -0.119. The van der Waals surface area contributed by atoms with Gasteiger partial charge in [-0.05, 0) is 53.3 Å². The zero-order valence-electron chi connectivity index (χ0n) is 21.1. The molecule has 0 amide bonds. The maximum atomic E-state index is 12.5. The molecule has 0 aliphatic rings. The van der Waals surface area contributed by atoms with E-state index in [-0.39, 0.29) is 5.78 Å². The fourth-order valence-corrected chi connectivity index (χ4v) is 4.69. The van der Waals surface area contributed by atoms with Gasteiger partial charge in [0.15, 0.2) is 0 Å². The highest BCUT2D eigenvalue weighted by atomic mass is 16.3. The summed E-state index contributed by atoms with van der Waals surface area (Å²) in [6, 6.07) is 37.5. The molecule has 0 saturated carbocycles. The minimum atomic E-state index is -0.404. The fourth-order valence-electron chi connectivity index (χ4n) is 4.69. The van der Waals surface area contributed by atoms with Gasteiger partial charge < -0.3 is 5.11 Å². The average Bonchev–Trinajstić information content (AvgIpc) is 2.96. The summed E-state index contributed by atoms with van der Waals surface area (Å²) < 4.78 is 0. The third kappa shape index (κ3) is 5.84. The highest BCUT2D eigenvalue weighted by Crippen LogP contribution is 2.34. The Morgan fingerprint density at radius 2 is 1.38 bits per heavy atom. The lowest BCUT2D eigenvalue weighted by atomic mass is 9.95. The summed E-state index contributed by atoms with van der Waals surface area (Å²) in [6.45, 7) is 1.93. The third-order valence-corrected chi connectivity index (χ3v) is 6.86. The molecular weight excluding hydrogens is 454 g/mol. The molecule has 5 rings (SSSR count). The zero-order chi connectivity index (χ0) is 25.6. The van der Waals surface area contributed by atoms with Crippen molar-refractivity contribution in [2.75, 3.05) is 0 Å². The molecule has 3 heteroatoms. The zero-order valence-corrected chi connectivity index (χ0v) is 21.1. The largest absolute Gasteiger partial charge is 0.393 e. The summed E-state index contributed by atoms with van der Waals surface area (Å²) in [5.41, 5.74) is 8.42. The molecule has 1 aromatic heterocycles. The molecule has 0 fully saturated rings. The van der Waals surface area contributed by atoms with Crippen LogP contribution in [0.5, 0.6) is 0 Å². The standard InChI is InChI=1S/C34H31NO2/c1-2-30(36)18-19-31(37)22-24-13-20-33-29(21-24)23-32(27-11-7-4-8-12-27)34(35-33)28-16-14-26(15-17-28)25-9-5-3-6-10-25/h3-17,20-21,23,30,36H,2,18-19,22H2,1H3. The summed E-state index contributed by atoms with van der Waals surface area (Å²) in [7, 11) is 0. The minimum absolute atomic E-state index is 0.151. The molecule has 4 aromatic carbocycles. The predicted molar refractivity (Wildman–Crippen MR) is 152 cm³/mol. The molecule has 37 heavy (non-hydrogen) atoms. The summed E-state index contributed by atoms with van der Waals surface area (Å²) in [5, 5.41) is 10.8. The topological polar surface area (TPSA) is 50.2 Å². The summed E-state index contributed by atoms with van der Waals surface area (Å²) in [4.78, 5) is 17.6. The SMILES string of the molecule is CCC(O)CCC(=O)Cc1ccc2nc(-c3ccc(-c4ccccc4)cc3)c(-c3ccccc3)cc2c1. The number of hydrogen-bond donors (Lipinski definition) is 1. The van der Waals surface area contributed by atoms with E-state index in [4.69, 9.17) is 4.98 Å². The number of nitrogens with zero attached hydrogens (tertiary/aromatic N) is 1. The number of aliphatic hydroxyl groups is 1. The molecule has 0 aliphatic carbocycles. The monoisotopic (exact) mass is 485 g/mol. The highest BCUT2D eigenvalue weighted by molar-refractivity contribution is 5.93. The maximum Gasteiger partial charge on any atom is 0.137 e. The van der Waals surface area contributed by atoms with Crippen LogP contribution in [0.25, 0.3) is 44.4 Å². The number of aliphatic hydroxyl groups excluding tert-OH is 1. The molecule has 0 bridgehead atoms. The number of hydrogen-bond acceptors (Lipinski definition) is 3. The van der Waals surface area contributed by atoms with Crippen molar-refractivity contribution in [2.45, 2.75) is 38.7 Å². The first kappa shape index (κ1) is 24.6. The number of fused-ring (bicyclic) bond motifs is 1. The normalized spacial score (nSPS) is 11.9. The Balaban J connectivity index is 1.50. The molecule has 0 spiro atoms. The number of carbonyl (C=O) groups is 1. The van der Waals surface area contributed by atoms with E-state index in [1.165, 1.54) is 11.1 Å². The van der Waals surface area contributed by atoms with Crippen LogP contribution < -0.4 is 0 Å². The van der Waals surface area contributed by atoms with Crippen molar-refractivity contribution >= 4 is 16.7 Å². The van der Waals surface area contributed by atoms with Gasteiger partial charge in [-0.25, -0.2) is 4.98 Å². The van der Waals surface area contributed by atoms with Crippen LogP contribution in [0.4, 0.5) is 0 Å². The molecule has 0 saturated heterocycles. The van der Waals surface area contributed by atoms with E-state index in [2.05, 4.69) is 72.8 Å². The number of pyridine rings is 1.